The van der Waals surface area contributed by atoms with Crippen LogP contribution in [-0.2, 0) is 6.54 Å². The number of halogens is 1. The van der Waals surface area contributed by atoms with E-state index in [0.29, 0.717) is 5.69 Å². The van der Waals surface area contributed by atoms with Crippen LogP contribution in [0.2, 0.25) is 0 Å². The maximum atomic E-state index is 12.4. The number of nitrogens with zero attached hydrogens (tertiary/aromatic N) is 4. The van der Waals surface area contributed by atoms with E-state index in [1.54, 1.807) is 12.1 Å². The van der Waals surface area contributed by atoms with Crippen molar-refractivity contribution in [3.63, 3.8) is 0 Å². The van der Waals surface area contributed by atoms with Crippen molar-refractivity contribution >= 4 is 34.0 Å². The van der Waals surface area contributed by atoms with E-state index in [1.807, 2.05) is 18.2 Å². The summed E-state index contributed by atoms with van der Waals surface area (Å²) in [7, 11) is 0. The number of rotatable bonds is 4. The highest BCUT2D eigenvalue weighted by molar-refractivity contribution is 14.1. The Kier molecular flexibility index (Phi) is 5.46. The molecule has 1 aromatic carbocycles. The molecule has 23 heavy (non-hydrogen) atoms. The van der Waals surface area contributed by atoms with Crippen molar-refractivity contribution in [1.29, 1.82) is 5.26 Å². The van der Waals surface area contributed by atoms with Gasteiger partial charge < -0.3 is 10.2 Å². The van der Waals surface area contributed by atoms with Crippen molar-refractivity contribution in [2.75, 3.05) is 6.61 Å². The number of azo groups is 1. The Morgan fingerprint density at radius 2 is 2.04 bits per heavy atom. The molecular formula is C15H13IN4O3. The van der Waals surface area contributed by atoms with Gasteiger partial charge in [-0.2, -0.15) is 5.26 Å². The molecule has 2 N–H and O–H groups in total. The first-order valence-electron chi connectivity index (χ1n) is 6.64. The van der Waals surface area contributed by atoms with Gasteiger partial charge in [0.1, 0.15) is 11.6 Å². The van der Waals surface area contributed by atoms with Gasteiger partial charge in [0, 0.05) is 9.13 Å². The quantitative estimate of drug-likeness (QED) is 0.581. The predicted molar refractivity (Wildman–Crippen MR) is 92.2 cm³/mol. The number of benzene rings is 1. The van der Waals surface area contributed by atoms with Gasteiger partial charge in [0.25, 0.3) is 5.56 Å². The van der Waals surface area contributed by atoms with Crippen LogP contribution in [0.3, 0.4) is 0 Å². The third-order valence-corrected chi connectivity index (χ3v) is 4.12. The van der Waals surface area contributed by atoms with Gasteiger partial charge in [-0.25, -0.2) is 0 Å². The van der Waals surface area contributed by atoms with Crippen LogP contribution in [0.25, 0.3) is 0 Å². The van der Waals surface area contributed by atoms with Gasteiger partial charge in [0.2, 0.25) is 5.88 Å². The first kappa shape index (κ1) is 17.1. The van der Waals surface area contributed by atoms with Gasteiger partial charge >= 0.3 is 0 Å². The summed E-state index contributed by atoms with van der Waals surface area (Å²) in [4.78, 5) is 12.4. The van der Waals surface area contributed by atoms with Gasteiger partial charge in [-0.15, -0.1) is 10.2 Å². The maximum Gasteiger partial charge on any atom is 0.281 e. The average molecular weight is 424 g/mol. The smallest absolute Gasteiger partial charge is 0.281 e. The van der Waals surface area contributed by atoms with Crippen molar-refractivity contribution in [3.05, 3.63) is 49.3 Å². The lowest BCUT2D eigenvalue weighted by Gasteiger charge is -2.11. The second-order valence-corrected chi connectivity index (χ2v) is 5.78. The fraction of sp³-hybridized carbons (Fsp3) is 0.200. The van der Waals surface area contributed by atoms with Crippen LogP contribution >= 0.6 is 22.6 Å². The zero-order chi connectivity index (χ0) is 17.0. The van der Waals surface area contributed by atoms with Crippen LogP contribution in [-0.4, -0.2) is 21.4 Å². The summed E-state index contributed by atoms with van der Waals surface area (Å²) in [5, 5.41) is 36.2. The third-order valence-electron chi connectivity index (χ3n) is 3.20. The lowest BCUT2D eigenvalue weighted by Crippen LogP contribution is -2.23. The highest BCUT2D eigenvalue weighted by Crippen LogP contribution is 2.28. The summed E-state index contributed by atoms with van der Waals surface area (Å²) in [6.45, 7) is 1.03. The molecule has 2 rings (SSSR count). The molecule has 0 aliphatic rings. The Bertz CT molecular complexity index is 868. The topological polar surface area (TPSA) is 111 Å². The molecule has 1 aromatic heterocycles. The number of aliphatic hydroxyl groups excluding tert-OH is 1. The number of aliphatic hydroxyl groups is 1. The van der Waals surface area contributed by atoms with Gasteiger partial charge in [-0.05, 0) is 41.6 Å². The molecule has 2 aromatic rings. The molecule has 0 saturated heterocycles. The van der Waals surface area contributed by atoms with Crippen molar-refractivity contribution < 1.29 is 10.2 Å². The van der Waals surface area contributed by atoms with E-state index in [-0.39, 0.29) is 30.0 Å². The van der Waals surface area contributed by atoms with Crippen LogP contribution in [0, 0.1) is 21.8 Å². The lowest BCUT2D eigenvalue weighted by molar-refractivity contribution is 0.263. The number of hydrogen-bond donors (Lipinski definition) is 2. The van der Waals surface area contributed by atoms with Gasteiger partial charge in [-0.1, -0.05) is 12.1 Å². The Morgan fingerprint density at radius 3 is 2.65 bits per heavy atom. The minimum Gasteiger partial charge on any atom is -0.493 e. The molecule has 0 fully saturated rings. The van der Waals surface area contributed by atoms with E-state index in [0.717, 1.165) is 8.14 Å². The minimum absolute atomic E-state index is 0.0348. The molecule has 0 aliphatic carbocycles. The molecular weight excluding hydrogens is 411 g/mol. The molecule has 0 spiro atoms. The molecule has 0 radical (unpaired) electrons. The second-order valence-electron chi connectivity index (χ2n) is 4.62. The lowest BCUT2D eigenvalue weighted by atomic mass is 10.1. The molecule has 0 bridgehead atoms. The van der Waals surface area contributed by atoms with Gasteiger partial charge in [0.15, 0.2) is 5.69 Å². The highest BCUT2D eigenvalue weighted by atomic mass is 127. The van der Waals surface area contributed by atoms with Crippen molar-refractivity contribution in [3.8, 4) is 11.9 Å². The monoisotopic (exact) mass is 424 g/mol. The predicted octanol–water partition coefficient (Wildman–Crippen LogP) is 2.75. The standard InChI is InChI=1S/C15H13IN4O3/c1-9-10(8-17)14(22)20(6-7-21)15(23)13(9)19-18-12-5-3-2-4-11(12)16/h2-5,21-22H,6-7H2,1H3. The van der Waals surface area contributed by atoms with Crippen molar-refractivity contribution in [2.24, 2.45) is 10.2 Å². The summed E-state index contributed by atoms with van der Waals surface area (Å²) in [6, 6.07) is 9.10. The number of aromatic nitrogens is 1. The summed E-state index contributed by atoms with van der Waals surface area (Å²) in [5.41, 5.74) is 0.135. The fourth-order valence-electron chi connectivity index (χ4n) is 2.00. The molecule has 8 heteroatoms. The summed E-state index contributed by atoms with van der Waals surface area (Å²) in [5.74, 6) is -0.475. The zero-order valence-corrected chi connectivity index (χ0v) is 14.4. The van der Waals surface area contributed by atoms with E-state index in [1.165, 1.54) is 6.92 Å². The molecule has 7 nitrogen and oxygen atoms in total. The summed E-state index contributed by atoms with van der Waals surface area (Å²) in [6.07, 6.45) is 0. The number of nitriles is 1. The van der Waals surface area contributed by atoms with E-state index in [9.17, 15) is 15.2 Å². The summed E-state index contributed by atoms with van der Waals surface area (Å²) >= 11 is 2.10. The molecule has 0 saturated carbocycles. The fourth-order valence-corrected chi connectivity index (χ4v) is 2.50. The Hall–Kier alpha value is -2.25. The van der Waals surface area contributed by atoms with Crippen LogP contribution in [0.1, 0.15) is 11.1 Å². The SMILES string of the molecule is Cc1c(C#N)c(O)n(CCO)c(=O)c1N=Nc1ccccc1I. The molecule has 0 atom stereocenters. The van der Waals surface area contributed by atoms with E-state index >= 15 is 0 Å². The number of pyridine rings is 1. The first-order valence-corrected chi connectivity index (χ1v) is 7.72. The van der Waals surface area contributed by atoms with E-state index < -0.39 is 11.4 Å². The van der Waals surface area contributed by atoms with Crippen molar-refractivity contribution in [2.45, 2.75) is 13.5 Å². The van der Waals surface area contributed by atoms with E-state index in [2.05, 4.69) is 32.8 Å². The Balaban J connectivity index is 2.63. The Labute approximate surface area is 145 Å². The molecule has 0 amide bonds. The number of aromatic hydroxyl groups is 1. The first-order chi connectivity index (χ1) is 11.0. The van der Waals surface area contributed by atoms with Crippen LogP contribution in [0.5, 0.6) is 5.88 Å². The zero-order valence-electron chi connectivity index (χ0n) is 12.2. The average Bonchev–Trinajstić information content (AvgIpc) is 2.53. The van der Waals surface area contributed by atoms with Gasteiger partial charge in [0.05, 0.1) is 18.8 Å². The number of hydrogen-bond acceptors (Lipinski definition) is 6. The second kappa shape index (κ2) is 7.34. The molecule has 118 valence electrons. The largest absolute Gasteiger partial charge is 0.493 e. The van der Waals surface area contributed by atoms with Crippen molar-refractivity contribution in [1.82, 2.24) is 4.57 Å². The minimum atomic E-state index is -0.609. The Morgan fingerprint density at radius 1 is 1.35 bits per heavy atom. The normalized spacial score (nSPS) is 10.9. The molecule has 0 aliphatic heterocycles. The van der Waals surface area contributed by atoms with Crippen LogP contribution in [0.15, 0.2) is 39.3 Å². The molecule has 0 unspecified atom stereocenters. The van der Waals surface area contributed by atoms with Crippen LogP contribution in [0.4, 0.5) is 11.4 Å². The summed E-state index contributed by atoms with van der Waals surface area (Å²) < 4.78 is 1.78. The van der Waals surface area contributed by atoms with E-state index in [4.69, 9.17) is 5.11 Å². The van der Waals surface area contributed by atoms with Crippen LogP contribution < -0.4 is 5.56 Å². The van der Waals surface area contributed by atoms with Gasteiger partial charge in [-0.3, -0.25) is 9.36 Å². The molecule has 1 heterocycles. The third kappa shape index (κ3) is 3.40. The highest BCUT2D eigenvalue weighted by Gasteiger charge is 2.18. The maximum absolute atomic E-state index is 12.4.